The highest BCUT2D eigenvalue weighted by atomic mass is 79.9. The molecule has 3 aromatic rings. The van der Waals surface area contributed by atoms with Gasteiger partial charge in [-0.2, -0.15) is 0 Å². The third-order valence-electron chi connectivity index (χ3n) is 6.64. The highest BCUT2D eigenvalue weighted by Crippen LogP contribution is 2.25. The van der Waals surface area contributed by atoms with Crippen LogP contribution in [0.1, 0.15) is 43.9 Å². The number of carbonyl (C=O) groups is 2. The summed E-state index contributed by atoms with van der Waals surface area (Å²) in [7, 11) is -4.08. The number of hydrogen-bond donors (Lipinski definition) is 1. The average Bonchev–Trinajstić information content (AvgIpc) is 2.91. The minimum absolute atomic E-state index is 0.0597. The summed E-state index contributed by atoms with van der Waals surface area (Å²) in [5.74, 6) is -0.779. The Kier molecular flexibility index (Phi) is 10.3. The van der Waals surface area contributed by atoms with Gasteiger partial charge in [-0.25, -0.2) is 8.42 Å². The van der Waals surface area contributed by atoms with Crippen LogP contribution in [0.2, 0.25) is 0 Å². The monoisotopic (exact) mass is 613 g/mol. The molecule has 0 saturated heterocycles. The zero-order chi connectivity index (χ0) is 28.7. The van der Waals surface area contributed by atoms with Gasteiger partial charge in [0.05, 0.1) is 10.6 Å². The third kappa shape index (κ3) is 7.92. The largest absolute Gasteiger partial charge is 0.352 e. The molecule has 9 heteroatoms. The Morgan fingerprint density at radius 2 is 1.41 bits per heavy atom. The van der Waals surface area contributed by atoms with Crippen molar-refractivity contribution in [3.63, 3.8) is 0 Å². The van der Waals surface area contributed by atoms with Gasteiger partial charge < -0.3 is 10.2 Å². The molecule has 0 saturated carbocycles. The van der Waals surface area contributed by atoms with Crippen molar-refractivity contribution in [2.75, 3.05) is 10.8 Å². The maximum absolute atomic E-state index is 13.9. The zero-order valence-electron chi connectivity index (χ0n) is 23.0. The van der Waals surface area contributed by atoms with Gasteiger partial charge in [0, 0.05) is 17.1 Å². The number of hydrogen-bond acceptors (Lipinski definition) is 4. The number of nitrogens with zero attached hydrogens (tertiary/aromatic N) is 2. The lowest BCUT2D eigenvalue weighted by molar-refractivity contribution is -0.139. The van der Waals surface area contributed by atoms with Crippen LogP contribution in [0.5, 0.6) is 0 Å². The number of halogens is 1. The summed E-state index contributed by atoms with van der Waals surface area (Å²) in [6, 6.07) is 20.1. The van der Waals surface area contributed by atoms with E-state index in [4.69, 9.17) is 0 Å². The van der Waals surface area contributed by atoms with E-state index in [1.807, 2.05) is 52.0 Å². The Balaban J connectivity index is 2.01. The summed E-state index contributed by atoms with van der Waals surface area (Å²) in [6.07, 6.45) is 0.745. The van der Waals surface area contributed by atoms with E-state index in [-0.39, 0.29) is 23.4 Å². The van der Waals surface area contributed by atoms with Crippen LogP contribution in [0, 0.1) is 13.8 Å². The molecule has 3 aromatic carbocycles. The van der Waals surface area contributed by atoms with Crippen molar-refractivity contribution < 1.29 is 18.0 Å². The summed E-state index contributed by atoms with van der Waals surface area (Å²) >= 11 is 3.42. The molecule has 0 aromatic heterocycles. The van der Waals surface area contributed by atoms with Crippen molar-refractivity contribution in [2.24, 2.45) is 0 Å². The summed E-state index contributed by atoms with van der Waals surface area (Å²) in [5.41, 5.74) is 3.08. The molecule has 0 aliphatic carbocycles. The Hall–Kier alpha value is -3.17. The molecule has 39 heavy (non-hydrogen) atoms. The van der Waals surface area contributed by atoms with Gasteiger partial charge in [0.2, 0.25) is 11.8 Å². The van der Waals surface area contributed by atoms with Crippen LogP contribution >= 0.6 is 15.9 Å². The predicted octanol–water partition coefficient (Wildman–Crippen LogP) is 5.59. The van der Waals surface area contributed by atoms with Gasteiger partial charge in [0.1, 0.15) is 12.6 Å². The number of amides is 2. The van der Waals surface area contributed by atoms with Crippen LogP contribution in [-0.2, 0) is 26.2 Å². The maximum Gasteiger partial charge on any atom is 0.264 e. The second-order valence-electron chi connectivity index (χ2n) is 9.80. The van der Waals surface area contributed by atoms with Gasteiger partial charge in [-0.3, -0.25) is 13.9 Å². The van der Waals surface area contributed by atoms with E-state index in [0.29, 0.717) is 5.69 Å². The Morgan fingerprint density at radius 3 is 1.95 bits per heavy atom. The Bertz CT molecular complexity index is 1380. The SMILES string of the molecule is CCC(C)NC(=O)C(C)N(Cc1ccc(Br)cc1)C(=O)CN(c1ccc(C)cc1)S(=O)(=O)c1ccc(C)cc1. The van der Waals surface area contributed by atoms with Gasteiger partial charge >= 0.3 is 0 Å². The fourth-order valence-corrected chi connectivity index (χ4v) is 5.59. The van der Waals surface area contributed by atoms with E-state index in [1.54, 1.807) is 43.3 Å². The first kappa shape index (κ1) is 30.4. The van der Waals surface area contributed by atoms with Crippen LogP contribution in [-0.4, -0.2) is 43.8 Å². The Labute approximate surface area is 240 Å². The van der Waals surface area contributed by atoms with E-state index in [9.17, 15) is 18.0 Å². The van der Waals surface area contributed by atoms with Gasteiger partial charge in [0.15, 0.2) is 0 Å². The number of benzene rings is 3. The first-order valence-electron chi connectivity index (χ1n) is 12.9. The molecule has 0 bridgehead atoms. The van der Waals surface area contributed by atoms with Gasteiger partial charge in [-0.05, 0) is 76.1 Å². The molecular weight excluding hydrogens is 578 g/mol. The summed E-state index contributed by atoms with van der Waals surface area (Å²) < 4.78 is 29.7. The molecule has 0 heterocycles. The first-order valence-corrected chi connectivity index (χ1v) is 15.2. The number of nitrogens with one attached hydrogen (secondary N) is 1. The molecular formula is C30H36BrN3O4S. The van der Waals surface area contributed by atoms with Crippen LogP contribution in [0.3, 0.4) is 0 Å². The molecule has 1 N–H and O–H groups in total. The third-order valence-corrected chi connectivity index (χ3v) is 8.96. The standard InChI is InChI=1S/C30H36BrN3O4S/c1-6-23(4)32-30(36)24(5)33(19-25-11-13-26(31)14-12-25)29(35)20-34(27-15-7-21(2)8-16-27)39(37,38)28-17-9-22(3)10-18-28/h7-18,23-24H,6,19-20H2,1-5H3,(H,32,36). The summed E-state index contributed by atoms with van der Waals surface area (Å²) in [6.45, 7) is 9.01. The molecule has 0 aliphatic heterocycles. The number of aryl methyl sites for hydroxylation is 2. The molecule has 2 unspecified atom stereocenters. The molecule has 2 atom stereocenters. The highest BCUT2D eigenvalue weighted by molar-refractivity contribution is 9.10. The molecule has 208 valence electrons. The molecule has 0 radical (unpaired) electrons. The first-order chi connectivity index (χ1) is 18.4. The molecule has 3 rings (SSSR count). The fraction of sp³-hybridized carbons (Fsp3) is 0.333. The van der Waals surface area contributed by atoms with Crippen molar-refractivity contribution in [1.29, 1.82) is 0 Å². The maximum atomic E-state index is 13.9. The molecule has 7 nitrogen and oxygen atoms in total. The number of anilines is 1. The van der Waals surface area contributed by atoms with Crippen LogP contribution in [0.25, 0.3) is 0 Å². The van der Waals surface area contributed by atoms with Crippen molar-refractivity contribution in [1.82, 2.24) is 10.2 Å². The zero-order valence-corrected chi connectivity index (χ0v) is 25.4. The smallest absolute Gasteiger partial charge is 0.264 e. The minimum atomic E-state index is -4.08. The van der Waals surface area contributed by atoms with Gasteiger partial charge in [-0.15, -0.1) is 0 Å². The van der Waals surface area contributed by atoms with Crippen LogP contribution in [0.15, 0.2) is 82.2 Å². The lowest BCUT2D eigenvalue weighted by Gasteiger charge is -2.32. The lowest BCUT2D eigenvalue weighted by Crippen LogP contribution is -2.52. The molecule has 0 spiro atoms. The number of carbonyl (C=O) groups excluding carboxylic acids is 2. The van der Waals surface area contributed by atoms with E-state index in [1.165, 1.54) is 17.0 Å². The average molecular weight is 615 g/mol. The topological polar surface area (TPSA) is 86.8 Å². The quantitative estimate of drug-likeness (QED) is 0.305. The van der Waals surface area contributed by atoms with Crippen molar-refractivity contribution in [2.45, 2.75) is 64.6 Å². The van der Waals surface area contributed by atoms with E-state index in [2.05, 4.69) is 21.2 Å². The second kappa shape index (κ2) is 13.3. The highest BCUT2D eigenvalue weighted by Gasteiger charge is 2.32. The van der Waals surface area contributed by atoms with Crippen molar-refractivity contribution >= 4 is 43.5 Å². The Morgan fingerprint density at radius 1 is 0.872 bits per heavy atom. The van der Waals surface area contributed by atoms with Crippen molar-refractivity contribution in [3.05, 3.63) is 94.0 Å². The minimum Gasteiger partial charge on any atom is -0.352 e. The summed E-state index contributed by atoms with van der Waals surface area (Å²) in [5, 5.41) is 2.94. The molecule has 0 aliphatic rings. The number of rotatable bonds is 11. The number of sulfonamides is 1. The molecule has 2 amide bonds. The van der Waals surface area contributed by atoms with E-state index >= 15 is 0 Å². The van der Waals surface area contributed by atoms with E-state index in [0.717, 1.165) is 31.9 Å². The van der Waals surface area contributed by atoms with Crippen molar-refractivity contribution in [3.8, 4) is 0 Å². The lowest BCUT2D eigenvalue weighted by atomic mass is 10.1. The normalized spacial score (nSPS) is 12.9. The second-order valence-corrected chi connectivity index (χ2v) is 12.6. The predicted molar refractivity (Wildman–Crippen MR) is 159 cm³/mol. The molecule has 0 fully saturated rings. The van der Waals surface area contributed by atoms with Crippen LogP contribution in [0.4, 0.5) is 5.69 Å². The van der Waals surface area contributed by atoms with Gasteiger partial charge in [0.25, 0.3) is 10.0 Å². The van der Waals surface area contributed by atoms with Crippen LogP contribution < -0.4 is 9.62 Å². The fourth-order valence-electron chi connectivity index (χ4n) is 3.91. The van der Waals surface area contributed by atoms with Gasteiger partial charge in [-0.1, -0.05) is 70.4 Å². The summed E-state index contributed by atoms with van der Waals surface area (Å²) in [4.78, 5) is 28.6. The van der Waals surface area contributed by atoms with E-state index < -0.39 is 28.5 Å².